The first-order valence-corrected chi connectivity index (χ1v) is 4.22. The van der Waals surface area contributed by atoms with E-state index in [1.165, 1.54) is 0 Å². The first-order chi connectivity index (χ1) is 4.24. The van der Waals surface area contributed by atoms with Crippen molar-refractivity contribution in [1.82, 2.24) is 0 Å². The molecule has 6 nitrogen and oxygen atoms in total. The van der Waals surface area contributed by atoms with Crippen LogP contribution in [-0.4, -0.2) is 31.5 Å². The van der Waals surface area contributed by atoms with Gasteiger partial charge in [0.05, 0.1) is 31.5 Å². The van der Waals surface area contributed by atoms with E-state index in [9.17, 15) is 0 Å². The van der Waals surface area contributed by atoms with Crippen LogP contribution in [0.3, 0.4) is 0 Å². The summed E-state index contributed by atoms with van der Waals surface area (Å²) >= 11 is 0. The van der Waals surface area contributed by atoms with Gasteiger partial charge in [0.1, 0.15) is 0 Å². The van der Waals surface area contributed by atoms with Crippen LogP contribution < -0.4 is 0 Å². The molecule has 0 rings (SSSR count). The van der Waals surface area contributed by atoms with Crippen LogP contribution in [0.2, 0.25) is 0 Å². The largest absolute Gasteiger partial charge is 6.00 e. The Morgan fingerprint density at radius 3 is 0.700 bits per heavy atom. The topological polar surface area (TPSA) is 94.6 Å². The SMILES string of the molecule is [Mo+6].[N-2]O[SiH3].[N-2]O[SiH3].[N-2]O[SiH3]. The Morgan fingerprint density at radius 2 is 0.700 bits per heavy atom. The van der Waals surface area contributed by atoms with Crippen molar-refractivity contribution in [1.29, 1.82) is 0 Å². The van der Waals surface area contributed by atoms with E-state index in [4.69, 9.17) is 17.7 Å². The van der Waals surface area contributed by atoms with Crippen LogP contribution in [-0.2, 0) is 34.6 Å². The van der Waals surface area contributed by atoms with Gasteiger partial charge >= 0.3 is 21.1 Å². The van der Waals surface area contributed by atoms with Crippen molar-refractivity contribution in [3.05, 3.63) is 17.7 Å². The van der Waals surface area contributed by atoms with E-state index in [1.807, 2.05) is 0 Å². The van der Waals surface area contributed by atoms with Crippen LogP contribution >= 0.6 is 0 Å². The van der Waals surface area contributed by atoms with Gasteiger partial charge in [0, 0.05) is 0 Å². The fraction of sp³-hybridized carbons (Fsp3) is 0. The molecule has 0 aromatic rings. The van der Waals surface area contributed by atoms with Crippen LogP contribution in [0.25, 0.3) is 17.7 Å². The first kappa shape index (κ1) is 22.5. The van der Waals surface area contributed by atoms with Crippen molar-refractivity contribution >= 4 is 31.5 Å². The third kappa shape index (κ3) is 494. The first-order valence-electron chi connectivity index (χ1n) is 1.77. The second kappa shape index (κ2) is 49.8. The molecule has 10 heavy (non-hydrogen) atoms. The Balaban J connectivity index is -0.0000000257. The number of hydrogen-bond acceptors (Lipinski definition) is 3. The smallest absolute Gasteiger partial charge is 1.44 e. The second-order valence-electron chi connectivity index (χ2n) is 0.548. The van der Waals surface area contributed by atoms with Crippen molar-refractivity contribution in [2.24, 2.45) is 0 Å². The van der Waals surface area contributed by atoms with Crippen molar-refractivity contribution in [2.75, 3.05) is 0 Å². The average molecular weight is 279 g/mol. The molecule has 0 aromatic heterocycles. The summed E-state index contributed by atoms with van der Waals surface area (Å²) in [6.45, 7) is 0. The van der Waals surface area contributed by atoms with Gasteiger partial charge in [0.25, 0.3) is 0 Å². The van der Waals surface area contributed by atoms with Crippen molar-refractivity contribution in [3.63, 3.8) is 0 Å². The predicted molar refractivity (Wildman–Crippen MR) is 43.1 cm³/mol. The molecule has 0 aliphatic rings. The minimum absolute atomic E-state index is 0. The zero-order valence-corrected chi connectivity index (χ0v) is 14.0. The van der Waals surface area contributed by atoms with E-state index in [-0.39, 0.29) is 21.1 Å². The molecule has 0 unspecified atom stereocenters. The summed E-state index contributed by atoms with van der Waals surface area (Å²) in [6, 6.07) is 0. The molecule has 0 fully saturated rings. The number of nitrogens with zero attached hydrogens (tertiary/aromatic N) is 3. The van der Waals surface area contributed by atoms with E-state index >= 15 is 0 Å². The van der Waals surface area contributed by atoms with Gasteiger partial charge in [0.15, 0.2) is 0 Å². The molecule has 0 aliphatic heterocycles. The number of rotatable bonds is 0. The van der Waals surface area contributed by atoms with Crippen molar-refractivity contribution < 1.29 is 34.6 Å². The maximum atomic E-state index is 7.13. The summed E-state index contributed by atoms with van der Waals surface area (Å²) in [5.41, 5.74) is 0. The molecule has 0 heterocycles. The fourth-order valence-corrected chi connectivity index (χ4v) is 0. The minimum Gasteiger partial charge on any atom is -1.44 e. The van der Waals surface area contributed by atoms with Crippen LogP contribution in [0.5, 0.6) is 0 Å². The molecule has 0 aliphatic carbocycles. The molecule has 0 amide bonds. The molecular formula is H9MoN3O3Si3. The van der Waals surface area contributed by atoms with Gasteiger partial charge in [0.2, 0.25) is 0 Å². The monoisotopic (exact) mass is 281 g/mol. The van der Waals surface area contributed by atoms with Crippen LogP contribution in [0.1, 0.15) is 0 Å². The van der Waals surface area contributed by atoms with Gasteiger partial charge in [-0.25, -0.2) is 0 Å². The van der Waals surface area contributed by atoms with Gasteiger partial charge < -0.3 is 31.3 Å². The molecule has 0 N–H and O–H groups in total. The van der Waals surface area contributed by atoms with Gasteiger partial charge in [-0.3, -0.25) is 0 Å². The van der Waals surface area contributed by atoms with Crippen LogP contribution in [0.15, 0.2) is 0 Å². The maximum absolute atomic E-state index is 7.13. The molecule has 10 heteroatoms. The maximum Gasteiger partial charge on any atom is 6.00 e. The van der Waals surface area contributed by atoms with Gasteiger partial charge in [-0.1, -0.05) is 0 Å². The van der Waals surface area contributed by atoms with Crippen LogP contribution in [0, 0.1) is 0 Å². The molecule has 0 aromatic carbocycles. The summed E-state index contributed by atoms with van der Waals surface area (Å²) in [6.07, 6.45) is 0. The molecule has 0 atom stereocenters. The summed E-state index contributed by atoms with van der Waals surface area (Å²) < 4.78 is 10.2. The summed E-state index contributed by atoms with van der Waals surface area (Å²) in [5, 5.41) is 0. The summed E-state index contributed by atoms with van der Waals surface area (Å²) in [4.78, 5) is 0. The zero-order valence-electron chi connectivity index (χ0n) is 5.97. The van der Waals surface area contributed by atoms with Gasteiger partial charge in [-0.15, -0.1) is 0 Å². The van der Waals surface area contributed by atoms with Crippen LogP contribution in [0.4, 0.5) is 0 Å². The van der Waals surface area contributed by atoms with Crippen molar-refractivity contribution in [3.8, 4) is 0 Å². The third-order valence-corrected chi connectivity index (χ3v) is 0. The van der Waals surface area contributed by atoms with E-state index < -0.39 is 0 Å². The van der Waals surface area contributed by atoms with Crippen molar-refractivity contribution in [2.45, 2.75) is 0 Å². The molecule has 0 saturated carbocycles. The molecule has 60 valence electrons. The average Bonchev–Trinajstić information content (AvgIpc) is 1.70. The summed E-state index contributed by atoms with van der Waals surface area (Å²) in [7, 11) is 1.27. The summed E-state index contributed by atoms with van der Waals surface area (Å²) in [5.74, 6) is 21.4. The standard InChI is InChI=1S/Mo.3H3NOSi/c;3*1-2-3/h;3*3H3/q+6;3*-2. The number of hydrogen-bond donors (Lipinski definition) is 0. The molecule has 0 radical (unpaired) electrons. The third-order valence-electron chi connectivity index (χ3n) is 0. The van der Waals surface area contributed by atoms with E-state index in [0.717, 1.165) is 0 Å². The molecule has 0 bridgehead atoms. The Labute approximate surface area is 83.9 Å². The Morgan fingerprint density at radius 1 is 0.700 bits per heavy atom. The van der Waals surface area contributed by atoms with E-state index in [0.29, 0.717) is 31.5 Å². The van der Waals surface area contributed by atoms with E-state index in [2.05, 4.69) is 13.6 Å². The van der Waals surface area contributed by atoms with E-state index in [1.54, 1.807) is 0 Å². The van der Waals surface area contributed by atoms with Gasteiger partial charge in [-0.2, -0.15) is 0 Å². The molecule has 0 spiro atoms. The second-order valence-corrected chi connectivity index (χ2v) is 1.64. The Bertz CT molecular complexity index is 23.7. The predicted octanol–water partition coefficient (Wildman–Crippen LogP) is -2.89. The fourth-order valence-electron chi connectivity index (χ4n) is 0. The Hall–Kier alpha value is 1.10. The zero-order chi connectivity index (χ0) is 8.12. The normalized spacial score (nSPS) is 6.30. The molecular weight excluding hydrogens is 270 g/mol. The Kier molecular flexibility index (Phi) is 112. The van der Waals surface area contributed by atoms with Gasteiger partial charge in [-0.05, 0) is 0 Å². The molecule has 0 saturated heterocycles. The minimum atomic E-state index is 0. The quantitative estimate of drug-likeness (QED) is 0.352.